The van der Waals surface area contributed by atoms with E-state index in [1.165, 1.54) is 0 Å². The number of aromatic nitrogens is 1. The van der Waals surface area contributed by atoms with E-state index in [0.717, 1.165) is 67.1 Å². The number of likely N-dealkylation sites (N-methyl/N-ethyl adjacent to an activating group) is 1. The molecule has 32 heavy (non-hydrogen) atoms. The van der Waals surface area contributed by atoms with Crippen molar-refractivity contribution in [3.8, 4) is 28.1 Å². The molecule has 0 saturated carbocycles. The first-order valence-corrected chi connectivity index (χ1v) is 12.1. The average Bonchev–Trinajstić information content (AvgIpc) is 2.79. The van der Waals surface area contributed by atoms with Gasteiger partial charge in [0.1, 0.15) is 11.6 Å². The van der Waals surface area contributed by atoms with Crippen molar-refractivity contribution >= 4 is 33.3 Å². The number of nitrogens with one attached hydrogen (secondary N) is 1. The standard InChI is InChI=1S/C25H28BrClN4O/c1-30-11-13-31(14-12-30)10-4-9-28-25-16-18(20-5-2-3-6-22(20)27)15-23(29-25)21-17-19(26)7-8-24(21)32/h2-3,5-8,15-17,32H,4,9-14H2,1H3,(H,28,29). The van der Waals surface area contributed by atoms with Crippen LogP contribution >= 0.6 is 27.5 Å². The van der Waals surface area contributed by atoms with Crippen LogP contribution in [-0.2, 0) is 0 Å². The van der Waals surface area contributed by atoms with E-state index in [-0.39, 0.29) is 5.75 Å². The summed E-state index contributed by atoms with van der Waals surface area (Å²) in [5.41, 5.74) is 3.27. The summed E-state index contributed by atoms with van der Waals surface area (Å²) in [6.07, 6.45) is 1.04. The molecule has 7 heteroatoms. The number of phenols is 1. The first-order chi connectivity index (χ1) is 15.5. The van der Waals surface area contributed by atoms with Crippen molar-refractivity contribution in [3.05, 3.63) is 64.1 Å². The van der Waals surface area contributed by atoms with E-state index >= 15 is 0 Å². The fourth-order valence-corrected chi connectivity index (χ4v) is 4.52. The van der Waals surface area contributed by atoms with Gasteiger partial charge in [0.25, 0.3) is 0 Å². The van der Waals surface area contributed by atoms with Crippen LogP contribution in [0.3, 0.4) is 0 Å². The zero-order valence-electron chi connectivity index (χ0n) is 18.2. The summed E-state index contributed by atoms with van der Waals surface area (Å²) in [5, 5.41) is 14.6. The third-order valence-corrected chi connectivity index (χ3v) is 6.62. The van der Waals surface area contributed by atoms with E-state index in [4.69, 9.17) is 16.6 Å². The minimum Gasteiger partial charge on any atom is -0.507 e. The summed E-state index contributed by atoms with van der Waals surface area (Å²) in [4.78, 5) is 9.69. The Labute approximate surface area is 203 Å². The van der Waals surface area contributed by atoms with Gasteiger partial charge in [-0.3, -0.25) is 0 Å². The molecule has 1 fully saturated rings. The van der Waals surface area contributed by atoms with Crippen LogP contribution in [0, 0.1) is 0 Å². The third kappa shape index (κ3) is 5.81. The topological polar surface area (TPSA) is 51.6 Å². The molecule has 2 aromatic carbocycles. The van der Waals surface area contributed by atoms with Crippen molar-refractivity contribution in [2.75, 3.05) is 51.6 Å². The second-order valence-electron chi connectivity index (χ2n) is 8.19. The van der Waals surface area contributed by atoms with Crippen LogP contribution in [0.2, 0.25) is 5.02 Å². The molecule has 1 saturated heterocycles. The molecule has 168 valence electrons. The van der Waals surface area contributed by atoms with E-state index in [2.05, 4.69) is 38.1 Å². The lowest BCUT2D eigenvalue weighted by molar-refractivity contribution is 0.154. The average molecular weight is 516 g/mol. The van der Waals surface area contributed by atoms with Crippen LogP contribution in [0.5, 0.6) is 5.75 Å². The van der Waals surface area contributed by atoms with E-state index < -0.39 is 0 Å². The number of hydrogen-bond donors (Lipinski definition) is 2. The normalized spacial score (nSPS) is 15.1. The highest BCUT2D eigenvalue weighted by atomic mass is 79.9. The van der Waals surface area contributed by atoms with Crippen molar-refractivity contribution in [1.29, 1.82) is 0 Å². The summed E-state index contributed by atoms with van der Waals surface area (Å²) in [6.45, 7) is 6.42. The maximum Gasteiger partial charge on any atom is 0.127 e. The largest absolute Gasteiger partial charge is 0.507 e. The van der Waals surface area contributed by atoms with Crippen LogP contribution in [-0.4, -0.2) is 66.2 Å². The van der Waals surface area contributed by atoms with E-state index in [1.807, 2.05) is 48.5 Å². The maximum absolute atomic E-state index is 10.5. The van der Waals surface area contributed by atoms with Gasteiger partial charge in [-0.05, 0) is 62.0 Å². The fraction of sp³-hybridized carbons (Fsp3) is 0.320. The maximum atomic E-state index is 10.5. The van der Waals surface area contributed by atoms with Crippen molar-refractivity contribution in [2.45, 2.75) is 6.42 Å². The Morgan fingerprint density at radius 3 is 2.59 bits per heavy atom. The highest BCUT2D eigenvalue weighted by Crippen LogP contribution is 2.36. The van der Waals surface area contributed by atoms with Gasteiger partial charge in [0.05, 0.1) is 5.69 Å². The van der Waals surface area contributed by atoms with Gasteiger partial charge < -0.3 is 20.2 Å². The van der Waals surface area contributed by atoms with Crippen molar-refractivity contribution in [3.63, 3.8) is 0 Å². The summed E-state index contributed by atoms with van der Waals surface area (Å²) < 4.78 is 0.886. The molecular weight excluding hydrogens is 488 g/mol. The number of halogens is 2. The van der Waals surface area contributed by atoms with Crippen LogP contribution in [0.15, 0.2) is 59.1 Å². The number of hydrogen-bond acceptors (Lipinski definition) is 5. The predicted octanol–water partition coefficient (Wildman–Crippen LogP) is 5.59. The molecule has 0 bridgehead atoms. The SMILES string of the molecule is CN1CCN(CCCNc2cc(-c3ccccc3Cl)cc(-c3cc(Br)ccc3O)n2)CC1. The molecule has 0 spiro atoms. The number of nitrogens with zero attached hydrogens (tertiary/aromatic N) is 3. The predicted molar refractivity (Wildman–Crippen MR) is 137 cm³/mol. The van der Waals surface area contributed by atoms with E-state index in [0.29, 0.717) is 16.3 Å². The van der Waals surface area contributed by atoms with Gasteiger partial charge in [-0.2, -0.15) is 0 Å². The number of benzene rings is 2. The summed E-state index contributed by atoms with van der Waals surface area (Å²) in [6, 6.07) is 17.1. The fourth-order valence-electron chi connectivity index (χ4n) is 3.91. The third-order valence-electron chi connectivity index (χ3n) is 5.80. The van der Waals surface area contributed by atoms with Gasteiger partial charge in [0.2, 0.25) is 0 Å². The molecule has 5 nitrogen and oxygen atoms in total. The van der Waals surface area contributed by atoms with E-state index in [1.54, 1.807) is 6.07 Å². The summed E-state index contributed by atoms with van der Waals surface area (Å²) in [7, 11) is 2.18. The van der Waals surface area contributed by atoms with Crippen molar-refractivity contribution in [2.24, 2.45) is 0 Å². The molecule has 1 aliphatic rings. The molecule has 3 aromatic rings. The molecule has 0 radical (unpaired) electrons. The Kier molecular flexibility index (Phi) is 7.68. The van der Waals surface area contributed by atoms with Gasteiger partial charge in [-0.25, -0.2) is 4.98 Å². The number of rotatable bonds is 7. The summed E-state index contributed by atoms with van der Waals surface area (Å²) >= 11 is 9.98. The number of anilines is 1. The van der Waals surface area contributed by atoms with Crippen LogP contribution in [0.1, 0.15) is 6.42 Å². The summed E-state index contributed by atoms with van der Waals surface area (Å²) in [5.74, 6) is 0.966. The second-order valence-corrected chi connectivity index (χ2v) is 9.52. The smallest absolute Gasteiger partial charge is 0.127 e. The Morgan fingerprint density at radius 2 is 1.81 bits per heavy atom. The van der Waals surface area contributed by atoms with Gasteiger partial charge in [0, 0.05) is 53.3 Å². The minimum absolute atomic E-state index is 0.193. The molecule has 2 N–H and O–H groups in total. The number of piperazine rings is 1. The van der Waals surface area contributed by atoms with Gasteiger partial charge in [-0.15, -0.1) is 0 Å². The Bertz CT molecular complexity index is 1070. The Balaban J connectivity index is 1.55. The lowest BCUT2D eigenvalue weighted by atomic mass is 10.0. The molecule has 2 heterocycles. The molecule has 0 unspecified atom stereocenters. The lowest BCUT2D eigenvalue weighted by Gasteiger charge is -2.32. The van der Waals surface area contributed by atoms with Crippen LogP contribution in [0.25, 0.3) is 22.4 Å². The molecule has 1 aliphatic heterocycles. The quantitative estimate of drug-likeness (QED) is 0.402. The van der Waals surface area contributed by atoms with Gasteiger partial charge in [0.15, 0.2) is 0 Å². The zero-order valence-corrected chi connectivity index (χ0v) is 20.5. The Morgan fingerprint density at radius 1 is 1.03 bits per heavy atom. The Hall–Kier alpha value is -2.12. The molecule has 1 aromatic heterocycles. The molecular formula is C25H28BrClN4O. The minimum atomic E-state index is 0.193. The van der Waals surface area contributed by atoms with Gasteiger partial charge >= 0.3 is 0 Å². The van der Waals surface area contributed by atoms with Gasteiger partial charge in [-0.1, -0.05) is 45.7 Å². The first kappa shape index (κ1) is 23.1. The van der Waals surface area contributed by atoms with Crippen LogP contribution in [0.4, 0.5) is 5.82 Å². The molecule has 0 atom stereocenters. The number of phenolic OH excluding ortho intramolecular Hbond substituents is 1. The highest BCUT2D eigenvalue weighted by Gasteiger charge is 2.14. The first-order valence-electron chi connectivity index (χ1n) is 10.9. The highest BCUT2D eigenvalue weighted by molar-refractivity contribution is 9.10. The molecule has 0 aliphatic carbocycles. The lowest BCUT2D eigenvalue weighted by Crippen LogP contribution is -2.44. The number of aromatic hydroxyl groups is 1. The molecule has 4 rings (SSSR count). The van der Waals surface area contributed by atoms with Crippen LogP contribution < -0.4 is 5.32 Å². The zero-order chi connectivity index (χ0) is 22.5. The number of pyridine rings is 1. The second kappa shape index (κ2) is 10.7. The monoisotopic (exact) mass is 514 g/mol. The van der Waals surface area contributed by atoms with Crippen molar-refractivity contribution in [1.82, 2.24) is 14.8 Å². The van der Waals surface area contributed by atoms with E-state index in [9.17, 15) is 5.11 Å². The van der Waals surface area contributed by atoms with Crippen molar-refractivity contribution < 1.29 is 5.11 Å². The molecule has 0 amide bonds.